The van der Waals surface area contributed by atoms with Gasteiger partial charge in [-0.1, -0.05) is 24.6 Å². The Morgan fingerprint density at radius 1 is 1.24 bits per heavy atom. The van der Waals surface area contributed by atoms with Crippen molar-refractivity contribution < 1.29 is 9.53 Å². The molecular weight excluding hydrogens is 318 g/mol. The van der Waals surface area contributed by atoms with E-state index in [4.69, 9.17) is 11.5 Å². The number of rotatable bonds is 3. The summed E-state index contributed by atoms with van der Waals surface area (Å²) in [4.78, 5) is 22.3. The fourth-order valence-electron chi connectivity index (χ4n) is 3.53. The number of nitrogens with zero attached hydrogens (tertiary/aromatic N) is 3. The van der Waals surface area contributed by atoms with Gasteiger partial charge in [-0.25, -0.2) is 9.79 Å². The van der Waals surface area contributed by atoms with Crippen molar-refractivity contribution in [2.75, 3.05) is 12.0 Å². The quantitative estimate of drug-likeness (QED) is 0.646. The fraction of sp³-hybridized carbons (Fsp3) is 0.389. The van der Waals surface area contributed by atoms with E-state index in [0.29, 0.717) is 5.96 Å². The van der Waals surface area contributed by atoms with Gasteiger partial charge in [0.1, 0.15) is 5.66 Å². The van der Waals surface area contributed by atoms with Gasteiger partial charge in [-0.15, -0.1) is 0 Å². The third-order valence-electron chi connectivity index (χ3n) is 4.63. The summed E-state index contributed by atoms with van der Waals surface area (Å²) >= 11 is 0. The number of ether oxygens (including phenoxy) is 1. The minimum Gasteiger partial charge on any atom is -0.466 e. The van der Waals surface area contributed by atoms with Crippen molar-refractivity contribution in [2.45, 2.75) is 37.8 Å². The van der Waals surface area contributed by atoms with Crippen LogP contribution in [0.15, 0.2) is 40.3 Å². The summed E-state index contributed by atoms with van der Waals surface area (Å²) in [6, 6.07) is 7.70. The number of anilines is 1. The maximum atomic E-state index is 11.5. The molecule has 25 heavy (non-hydrogen) atoms. The number of guanidine groups is 2. The third kappa shape index (κ3) is 3.35. The molecule has 1 aromatic rings. The molecule has 1 aliphatic heterocycles. The van der Waals surface area contributed by atoms with E-state index in [-0.39, 0.29) is 5.96 Å². The summed E-state index contributed by atoms with van der Waals surface area (Å²) in [5.74, 6) is 0.135. The molecule has 3 rings (SSSR count). The summed E-state index contributed by atoms with van der Waals surface area (Å²) in [5.41, 5.74) is 13.3. The Bertz CT molecular complexity index is 748. The first kappa shape index (κ1) is 17.0. The van der Waals surface area contributed by atoms with Crippen LogP contribution in [0.3, 0.4) is 0 Å². The van der Waals surface area contributed by atoms with E-state index in [2.05, 4.69) is 14.7 Å². The summed E-state index contributed by atoms with van der Waals surface area (Å²) < 4.78 is 4.68. The van der Waals surface area contributed by atoms with Crippen LogP contribution in [0.2, 0.25) is 0 Å². The molecule has 0 unspecified atom stereocenters. The molecule has 4 N–H and O–H groups in total. The van der Waals surface area contributed by atoms with Crippen molar-refractivity contribution in [3.05, 3.63) is 35.9 Å². The first-order valence-corrected chi connectivity index (χ1v) is 8.40. The lowest BCUT2D eigenvalue weighted by molar-refractivity contribution is -0.134. The second kappa shape index (κ2) is 6.96. The topological polar surface area (TPSA) is 106 Å². The van der Waals surface area contributed by atoms with Gasteiger partial charge in [0.15, 0.2) is 0 Å². The van der Waals surface area contributed by atoms with Gasteiger partial charge in [-0.05, 0) is 43.4 Å². The smallest absolute Gasteiger partial charge is 0.330 e. The minimum absolute atomic E-state index is 0.221. The van der Waals surface area contributed by atoms with Crippen molar-refractivity contribution in [2.24, 2.45) is 21.5 Å². The molecule has 0 amide bonds. The Kier molecular flexibility index (Phi) is 4.74. The van der Waals surface area contributed by atoms with Gasteiger partial charge < -0.3 is 16.2 Å². The zero-order valence-corrected chi connectivity index (χ0v) is 14.3. The molecule has 2 aliphatic rings. The van der Waals surface area contributed by atoms with Crippen LogP contribution >= 0.6 is 0 Å². The molecule has 0 aromatic heterocycles. The Hall–Kier alpha value is -2.83. The Morgan fingerprint density at radius 2 is 1.96 bits per heavy atom. The summed E-state index contributed by atoms with van der Waals surface area (Å²) in [6.07, 6.45) is 8.11. The zero-order valence-electron chi connectivity index (χ0n) is 14.3. The highest BCUT2D eigenvalue weighted by atomic mass is 16.5. The second-order valence-corrected chi connectivity index (χ2v) is 6.23. The number of benzene rings is 1. The molecule has 1 saturated carbocycles. The van der Waals surface area contributed by atoms with Gasteiger partial charge in [0.05, 0.1) is 12.8 Å². The molecule has 1 spiro atoms. The lowest BCUT2D eigenvalue weighted by Gasteiger charge is -2.46. The highest BCUT2D eigenvalue weighted by Crippen LogP contribution is 2.40. The molecule has 1 heterocycles. The van der Waals surface area contributed by atoms with Gasteiger partial charge in [0.25, 0.3) is 0 Å². The van der Waals surface area contributed by atoms with Gasteiger partial charge >= 0.3 is 5.97 Å². The number of aliphatic imine (C=N–C) groups is 2. The number of hydrogen-bond acceptors (Lipinski definition) is 7. The number of esters is 1. The average molecular weight is 341 g/mol. The molecular formula is C18H23N5O2. The van der Waals surface area contributed by atoms with Crippen molar-refractivity contribution in [3.8, 4) is 0 Å². The lowest BCUT2D eigenvalue weighted by atomic mass is 9.87. The molecule has 7 nitrogen and oxygen atoms in total. The predicted octanol–water partition coefficient (Wildman–Crippen LogP) is 1.98. The number of methoxy groups -OCH3 is 1. The zero-order chi connectivity index (χ0) is 17.9. The van der Waals surface area contributed by atoms with E-state index in [1.165, 1.54) is 19.6 Å². The third-order valence-corrected chi connectivity index (χ3v) is 4.63. The highest BCUT2D eigenvalue weighted by Gasteiger charge is 2.43. The standard InChI is InChI=1S/C18H23N5O2/c1-25-15(24)10-9-13-7-3-4-8-14(13)23-17(20)21-16(19)22-18(23)11-5-2-6-12-18/h3-4,7-10H,2,5-6,11-12H2,1H3,(H4,19,20,21,22). The van der Waals surface area contributed by atoms with Crippen molar-refractivity contribution in [3.63, 3.8) is 0 Å². The van der Waals surface area contributed by atoms with E-state index >= 15 is 0 Å². The monoisotopic (exact) mass is 341 g/mol. The van der Waals surface area contributed by atoms with Gasteiger partial charge in [0.2, 0.25) is 11.9 Å². The summed E-state index contributed by atoms with van der Waals surface area (Å²) in [6.45, 7) is 0. The molecule has 0 bridgehead atoms. The number of carbonyl (C=O) groups is 1. The largest absolute Gasteiger partial charge is 0.466 e. The highest BCUT2D eigenvalue weighted by molar-refractivity contribution is 6.06. The second-order valence-electron chi connectivity index (χ2n) is 6.23. The van der Waals surface area contributed by atoms with E-state index in [1.807, 2.05) is 29.2 Å². The number of para-hydroxylation sites is 1. The molecule has 1 aromatic carbocycles. The minimum atomic E-state index is -0.511. The van der Waals surface area contributed by atoms with Crippen molar-refractivity contribution in [1.29, 1.82) is 0 Å². The summed E-state index contributed by atoms with van der Waals surface area (Å²) in [5, 5.41) is 0. The van der Waals surface area contributed by atoms with Crippen LogP contribution in [0.4, 0.5) is 5.69 Å². The predicted molar refractivity (Wildman–Crippen MR) is 99.0 cm³/mol. The first-order valence-electron chi connectivity index (χ1n) is 8.40. The van der Waals surface area contributed by atoms with E-state index in [0.717, 1.165) is 36.9 Å². The molecule has 1 fully saturated rings. The number of nitrogens with two attached hydrogens (primary N) is 2. The Labute approximate surface area is 147 Å². The van der Waals surface area contributed by atoms with Crippen LogP contribution in [0.5, 0.6) is 0 Å². The molecule has 0 radical (unpaired) electrons. The van der Waals surface area contributed by atoms with Crippen LogP contribution in [0, 0.1) is 0 Å². The van der Waals surface area contributed by atoms with Gasteiger partial charge in [-0.3, -0.25) is 4.90 Å². The van der Waals surface area contributed by atoms with Crippen LogP contribution in [-0.4, -0.2) is 30.7 Å². The number of carbonyl (C=O) groups excluding carboxylic acids is 1. The van der Waals surface area contributed by atoms with Gasteiger partial charge in [0, 0.05) is 6.08 Å². The van der Waals surface area contributed by atoms with E-state index in [9.17, 15) is 4.79 Å². The summed E-state index contributed by atoms with van der Waals surface area (Å²) in [7, 11) is 1.35. The Morgan fingerprint density at radius 3 is 2.68 bits per heavy atom. The van der Waals surface area contributed by atoms with Crippen LogP contribution in [-0.2, 0) is 9.53 Å². The average Bonchev–Trinajstić information content (AvgIpc) is 2.60. The van der Waals surface area contributed by atoms with Gasteiger partial charge in [-0.2, -0.15) is 4.99 Å². The first-order chi connectivity index (χ1) is 12.1. The molecule has 132 valence electrons. The lowest BCUT2D eigenvalue weighted by Crippen LogP contribution is -2.58. The Balaban J connectivity index is 2.06. The SMILES string of the molecule is COC(=O)C=Cc1ccccc1N1C(N)=NC(N)=NC12CCCCC2. The molecule has 1 aliphatic carbocycles. The number of hydrogen-bond donors (Lipinski definition) is 2. The van der Waals surface area contributed by atoms with Crippen molar-refractivity contribution >= 4 is 29.7 Å². The maximum Gasteiger partial charge on any atom is 0.330 e. The normalized spacial score (nSPS) is 19.6. The maximum absolute atomic E-state index is 11.5. The van der Waals surface area contributed by atoms with Crippen LogP contribution in [0.25, 0.3) is 6.08 Å². The molecule has 7 heteroatoms. The van der Waals surface area contributed by atoms with E-state index < -0.39 is 11.6 Å². The molecule has 0 atom stereocenters. The van der Waals surface area contributed by atoms with E-state index in [1.54, 1.807) is 6.08 Å². The van der Waals surface area contributed by atoms with Crippen LogP contribution in [0.1, 0.15) is 37.7 Å². The van der Waals surface area contributed by atoms with Crippen LogP contribution < -0.4 is 16.4 Å². The fourth-order valence-corrected chi connectivity index (χ4v) is 3.53. The van der Waals surface area contributed by atoms with Crippen molar-refractivity contribution in [1.82, 2.24) is 0 Å². The molecule has 0 saturated heterocycles.